The summed E-state index contributed by atoms with van der Waals surface area (Å²) in [5.41, 5.74) is 8.25. The molecule has 4 fully saturated rings. The topological polar surface area (TPSA) is 75.3 Å². The molecule has 27 heavy (non-hydrogen) atoms. The molecule has 0 aliphatic carbocycles. The first-order valence-electron chi connectivity index (χ1n) is 9.82. The molecule has 0 spiro atoms. The minimum atomic E-state index is 0.0506. The largest absolute Gasteiger partial charge is 0.368 e. The van der Waals surface area contributed by atoms with Crippen molar-refractivity contribution in [3.05, 3.63) is 53.3 Å². The number of carbonyl (C=O) groups excluding carboxylic acids is 1. The molecule has 0 radical (unpaired) electrons. The van der Waals surface area contributed by atoms with Gasteiger partial charge in [0, 0.05) is 24.7 Å². The molecule has 4 aliphatic heterocycles. The molecule has 0 saturated carbocycles. The summed E-state index contributed by atoms with van der Waals surface area (Å²) in [6.45, 7) is 4.90. The van der Waals surface area contributed by atoms with Crippen molar-refractivity contribution in [3.8, 4) is 0 Å². The lowest BCUT2D eigenvalue weighted by Gasteiger charge is -2.51. The Kier molecular flexibility index (Phi) is 3.90. The van der Waals surface area contributed by atoms with Crippen LogP contribution in [0.15, 0.2) is 36.5 Å². The number of nitrogens with two attached hydrogens (primary N) is 1. The van der Waals surface area contributed by atoms with Crippen molar-refractivity contribution in [2.45, 2.75) is 37.8 Å². The Morgan fingerprint density at radius 1 is 1.15 bits per heavy atom. The summed E-state index contributed by atoms with van der Waals surface area (Å²) in [5, 5.41) is 0. The number of piperidine rings is 3. The van der Waals surface area contributed by atoms with Crippen LogP contribution in [0.2, 0.25) is 0 Å². The monoisotopic (exact) mass is 363 g/mol. The Morgan fingerprint density at radius 2 is 1.89 bits per heavy atom. The van der Waals surface area contributed by atoms with Gasteiger partial charge in [-0.15, -0.1) is 0 Å². The highest BCUT2D eigenvalue weighted by atomic mass is 16.2. The van der Waals surface area contributed by atoms with Crippen molar-refractivity contribution in [3.63, 3.8) is 0 Å². The van der Waals surface area contributed by atoms with Crippen molar-refractivity contribution < 1.29 is 4.79 Å². The van der Waals surface area contributed by atoms with Crippen LogP contribution < -0.4 is 5.73 Å². The first kappa shape index (κ1) is 16.7. The number of aromatic nitrogens is 2. The fraction of sp³-hybridized carbons (Fsp3) is 0.476. The van der Waals surface area contributed by atoms with Crippen molar-refractivity contribution in [2.24, 2.45) is 5.92 Å². The number of anilines is 1. The molecule has 6 nitrogen and oxygen atoms in total. The molecule has 1 amide bonds. The molecular formula is C21H25N5O. The van der Waals surface area contributed by atoms with Crippen molar-refractivity contribution in [1.29, 1.82) is 0 Å². The third-order valence-corrected chi connectivity index (χ3v) is 6.71. The number of hydrogen-bond donors (Lipinski definition) is 1. The fourth-order valence-corrected chi connectivity index (χ4v) is 5.50. The van der Waals surface area contributed by atoms with Crippen LogP contribution in [-0.4, -0.2) is 57.4 Å². The molecule has 6 rings (SSSR count). The number of fused-ring (bicyclic) bond motifs is 2. The van der Waals surface area contributed by atoms with E-state index in [0.29, 0.717) is 29.1 Å². The van der Waals surface area contributed by atoms with Gasteiger partial charge in [0.2, 0.25) is 5.95 Å². The predicted octanol–water partition coefficient (Wildman–Crippen LogP) is 2.07. The van der Waals surface area contributed by atoms with E-state index in [-0.39, 0.29) is 17.9 Å². The number of benzene rings is 1. The van der Waals surface area contributed by atoms with Gasteiger partial charge in [0.1, 0.15) is 0 Å². The Labute approximate surface area is 159 Å². The SMILES string of the molecule is Cc1nc(N)ncc1C(=O)N1C[C@H](c2ccccc2)[C@H]2[C@@H]1C1CCN2CC1. The molecule has 4 saturated heterocycles. The number of hydrogen-bond acceptors (Lipinski definition) is 5. The smallest absolute Gasteiger partial charge is 0.257 e. The second kappa shape index (κ2) is 6.30. The van der Waals surface area contributed by atoms with Gasteiger partial charge in [-0.25, -0.2) is 9.97 Å². The number of aryl methyl sites for hydroxylation is 1. The van der Waals surface area contributed by atoms with Gasteiger partial charge in [0.05, 0.1) is 17.3 Å². The van der Waals surface area contributed by atoms with Crippen LogP contribution in [0.1, 0.15) is 40.4 Å². The van der Waals surface area contributed by atoms with Gasteiger partial charge < -0.3 is 10.6 Å². The van der Waals surface area contributed by atoms with E-state index in [2.05, 4.69) is 50.1 Å². The third kappa shape index (κ3) is 2.62. The summed E-state index contributed by atoms with van der Waals surface area (Å²) >= 11 is 0. The maximum absolute atomic E-state index is 13.5. The molecule has 2 N–H and O–H groups in total. The average molecular weight is 363 g/mol. The van der Waals surface area contributed by atoms with E-state index >= 15 is 0 Å². The number of rotatable bonds is 2. The number of carbonyl (C=O) groups is 1. The molecule has 140 valence electrons. The first-order valence-corrected chi connectivity index (χ1v) is 9.82. The first-order chi connectivity index (χ1) is 13.1. The zero-order valence-electron chi connectivity index (χ0n) is 15.6. The summed E-state index contributed by atoms with van der Waals surface area (Å²) < 4.78 is 0. The summed E-state index contributed by atoms with van der Waals surface area (Å²) in [5.74, 6) is 1.22. The van der Waals surface area contributed by atoms with Gasteiger partial charge in [-0.2, -0.15) is 0 Å². The highest BCUT2D eigenvalue weighted by Gasteiger charge is 2.54. The maximum atomic E-state index is 13.5. The predicted molar refractivity (Wildman–Crippen MR) is 103 cm³/mol. The molecule has 3 atom stereocenters. The molecular weight excluding hydrogens is 338 g/mol. The summed E-state index contributed by atoms with van der Waals surface area (Å²) in [6, 6.07) is 11.4. The minimum Gasteiger partial charge on any atom is -0.368 e. The van der Waals surface area contributed by atoms with E-state index in [1.54, 1.807) is 6.20 Å². The lowest BCUT2D eigenvalue weighted by atomic mass is 9.75. The Hall–Kier alpha value is -2.47. The van der Waals surface area contributed by atoms with Gasteiger partial charge in [0.15, 0.2) is 0 Å². The van der Waals surface area contributed by atoms with Crippen LogP contribution in [0.3, 0.4) is 0 Å². The Bertz CT molecular complexity index is 862. The van der Waals surface area contributed by atoms with E-state index in [0.717, 1.165) is 19.6 Å². The quantitative estimate of drug-likeness (QED) is 0.884. The standard InChI is InChI=1S/C21H25N5O/c1-13-16(11-23-21(22)24-13)20(27)26-12-17(14-5-3-2-4-6-14)19-18(26)15-7-9-25(19)10-8-15/h2-6,11,15,17-19H,7-10,12H2,1H3,(H2,22,23,24)/t17-,18+,19+/m1/s1. The second-order valence-corrected chi connectivity index (χ2v) is 8.06. The number of nitrogen functional groups attached to an aromatic ring is 1. The van der Waals surface area contributed by atoms with Crippen LogP contribution in [0.4, 0.5) is 5.95 Å². The summed E-state index contributed by atoms with van der Waals surface area (Å²) in [7, 11) is 0. The van der Waals surface area contributed by atoms with Gasteiger partial charge in [-0.3, -0.25) is 9.69 Å². The minimum absolute atomic E-state index is 0.0506. The van der Waals surface area contributed by atoms with Crippen LogP contribution in [0.25, 0.3) is 0 Å². The van der Waals surface area contributed by atoms with Gasteiger partial charge in [-0.1, -0.05) is 30.3 Å². The van der Waals surface area contributed by atoms with Crippen molar-refractivity contribution >= 4 is 11.9 Å². The molecule has 5 heterocycles. The zero-order chi connectivity index (χ0) is 18.5. The van der Waals surface area contributed by atoms with E-state index in [1.165, 1.54) is 18.4 Å². The van der Waals surface area contributed by atoms with Crippen LogP contribution in [-0.2, 0) is 0 Å². The molecule has 0 unspecified atom stereocenters. The van der Waals surface area contributed by atoms with E-state index in [1.807, 2.05) is 6.92 Å². The van der Waals surface area contributed by atoms with Gasteiger partial charge in [0.25, 0.3) is 5.91 Å². The van der Waals surface area contributed by atoms with E-state index < -0.39 is 0 Å². The van der Waals surface area contributed by atoms with E-state index in [4.69, 9.17) is 5.73 Å². The third-order valence-electron chi connectivity index (χ3n) is 6.71. The molecule has 1 aromatic heterocycles. The molecule has 6 heteroatoms. The normalized spacial score (nSPS) is 31.7. The highest BCUT2D eigenvalue weighted by molar-refractivity contribution is 5.95. The second-order valence-electron chi connectivity index (χ2n) is 8.06. The van der Waals surface area contributed by atoms with Crippen LogP contribution in [0.5, 0.6) is 0 Å². The van der Waals surface area contributed by atoms with Crippen molar-refractivity contribution in [2.75, 3.05) is 25.4 Å². The lowest BCUT2D eigenvalue weighted by molar-refractivity contribution is -0.00345. The summed E-state index contributed by atoms with van der Waals surface area (Å²) in [4.78, 5) is 26.5. The number of amides is 1. The molecule has 1 aromatic carbocycles. The number of nitrogens with zero attached hydrogens (tertiary/aromatic N) is 4. The zero-order valence-corrected chi connectivity index (χ0v) is 15.6. The van der Waals surface area contributed by atoms with Crippen molar-refractivity contribution in [1.82, 2.24) is 19.8 Å². The molecule has 2 bridgehead atoms. The summed E-state index contributed by atoms with van der Waals surface area (Å²) in [6.07, 6.45) is 3.96. The van der Waals surface area contributed by atoms with Crippen LogP contribution >= 0.6 is 0 Å². The average Bonchev–Trinajstić information content (AvgIpc) is 3.12. The molecule has 4 aliphatic rings. The molecule has 2 aromatic rings. The Balaban J connectivity index is 1.53. The van der Waals surface area contributed by atoms with Gasteiger partial charge >= 0.3 is 0 Å². The van der Waals surface area contributed by atoms with E-state index in [9.17, 15) is 4.79 Å². The lowest BCUT2D eigenvalue weighted by Crippen LogP contribution is -2.60. The number of likely N-dealkylation sites (tertiary alicyclic amines) is 1. The van der Waals surface area contributed by atoms with Gasteiger partial charge in [-0.05, 0) is 44.3 Å². The maximum Gasteiger partial charge on any atom is 0.257 e. The Morgan fingerprint density at radius 3 is 2.59 bits per heavy atom. The highest BCUT2D eigenvalue weighted by Crippen LogP contribution is 2.46. The fourth-order valence-electron chi connectivity index (χ4n) is 5.50. The van der Waals surface area contributed by atoms with Crippen LogP contribution in [0, 0.1) is 12.8 Å².